The van der Waals surface area contributed by atoms with Crippen LogP contribution in [-0.4, -0.2) is 4.98 Å². The molecule has 0 aliphatic carbocycles. The van der Waals surface area contributed by atoms with Gasteiger partial charge in [-0.25, -0.2) is 9.55 Å². The number of para-hydroxylation sites is 1. The number of benzene rings is 5. The van der Waals surface area contributed by atoms with Crippen LogP contribution >= 0.6 is 0 Å². The van der Waals surface area contributed by atoms with E-state index in [1.807, 2.05) is 12.1 Å². The van der Waals surface area contributed by atoms with Crippen LogP contribution in [0.4, 0.5) is 0 Å². The Hall–Kier alpha value is -5.54. The van der Waals surface area contributed by atoms with Crippen LogP contribution < -0.4 is 4.57 Å². The maximum Gasteiger partial charge on any atom is 0.216 e. The molecule has 5 aromatic carbocycles. The third kappa shape index (κ3) is 4.29. The average Bonchev–Trinajstić information content (AvgIpc) is 3.44. The van der Waals surface area contributed by atoms with Crippen LogP contribution in [0.5, 0.6) is 0 Å². The molecule has 0 fully saturated rings. The lowest BCUT2D eigenvalue weighted by Gasteiger charge is -2.10. The molecule has 0 atom stereocenters. The predicted octanol–water partition coefficient (Wildman–Crippen LogP) is 9.94. The van der Waals surface area contributed by atoms with Crippen molar-refractivity contribution in [3.8, 4) is 44.9 Å². The fourth-order valence-electron chi connectivity index (χ4n) is 6.24. The molecular weight excluding hydrogens is 524 g/mol. The number of hydrogen-bond donors (Lipinski definition) is 0. The summed E-state index contributed by atoms with van der Waals surface area (Å²) in [6.07, 6.45) is 2.20. The molecular formula is C40H29N2O+. The van der Waals surface area contributed by atoms with E-state index in [1.54, 1.807) is 0 Å². The first-order valence-corrected chi connectivity index (χ1v) is 14.6. The maximum atomic E-state index is 6.91. The van der Waals surface area contributed by atoms with Crippen molar-refractivity contribution in [1.29, 1.82) is 0 Å². The second-order valence-electron chi connectivity index (χ2n) is 11.2. The van der Waals surface area contributed by atoms with Crippen LogP contribution in [0, 0.1) is 6.92 Å². The van der Waals surface area contributed by atoms with E-state index in [4.69, 9.17) is 9.40 Å². The number of furan rings is 1. The molecule has 8 rings (SSSR count). The smallest absolute Gasteiger partial charge is 0.216 e. The highest BCUT2D eigenvalue weighted by molar-refractivity contribution is 6.13. The topological polar surface area (TPSA) is 29.9 Å². The van der Waals surface area contributed by atoms with Gasteiger partial charge >= 0.3 is 0 Å². The van der Waals surface area contributed by atoms with E-state index in [-0.39, 0.29) is 0 Å². The predicted molar refractivity (Wildman–Crippen MR) is 177 cm³/mol. The molecule has 3 heterocycles. The van der Waals surface area contributed by atoms with Gasteiger partial charge in [0, 0.05) is 33.4 Å². The molecule has 8 aromatic rings. The van der Waals surface area contributed by atoms with Crippen molar-refractivity contribution in [2.75, 3.05) is 0 Å². The molecule has 3 heteroatoms. The van der Waals surface area contributed by atoms with Gasteiger partial charge in [-0.05, 0) is 53.3 Å². The van der Waals surface area contributed by atoms with Gasteiger partial charge in [-0.3, -0.25) is 0 Å². The van der Waals surface area contributed by atoms with E-state index in [1.165, 1.54) is 16.3 Å². The van der Waals surface area contributed by atoms with Crippen LogP contribution in [-0.2, 0) is 7.05 Å². The fraction of sp³-hybridized carbons (Fsp3) is 0.0500. The van der Waals surface area contributed by atoms with Gasteiger partial charge in [-0.15, -0.1) is 0 Å². The summed E-state index contributed by atoms with van der Waals surface area (Å²) in [5, 5.41) is 4.61. The first-order valence-electron chi connectivity index (χ1n) is 14.6. The third-order valence-electron chi connectivity index (χ3n) is 8.41. The summed E-state index contributed by atoms with van der Waals surface area (Å²) in [6.45, 7) is 2.16. The number of fused-ring (bicyclic) bond motifs is 4. The van der Waals surface area contributed by atoms with E-state index in [2.05, 4.69) is 146 Å². The van der Waals surface area contributed by atoms with Gasteiger partial charge in [-0.1, -0.05) is 103 Å². The molecule has 0 spiro atoms. The highest BCUT2D eigenvalue weighted by atomic mass is 16.3. The highest BCUT2D eigenvalue weighted by Crippen LogP contribution is 2.41. The second-order valence-corrected chi connectivity index (χ2v) is 11.2. The van der Waals surface area contributed by atoms with Crippen LogP contribution in [0.25, 0.3) is 77.6 Å². The summed E-state index contributed by atoms with van der Waals surface area (Å²) in [5.41, 5.74) is 11.3. The van der Waals surface area contributed by atoms with Crippen molar-refractivity contribution >= 4 is 32.7 Å². The van der Waals surface area contributed by atoms with Gasteiger partial charge < -0.3 is 4.42 Å². The van der Waals surface area contributed by atoms with Gasteiger partial charge in [0.25, 0.3) is 0 Å². The quantitative estimate of drug-likeness (QED) is 0.203. The van der Waals surface area contributed by atoms with Crippen molar-refractivity contribution < 1.29 is 8.98 Å². The van der Waals surface area contributed by atoms with E-state index in [0.717, 1.165) is 66.8 Å². The standard InChI is InChI=1S/C40H29N2O/c1-26-20-21-33-32-18-11-19-34(39(32)43-40(33)38(26)37-24-29-16-9-10-17-30(29)25-42(37)2)36-23-31(27-12-5-3-6-13-27)22-35(41-36)28-14-7-4-8-15-28/h3-25H,1-2H3/q+1. The number of aryl methyl sites for hydroxylation is 2. The Morgan fingerprint density at radius 2 is 1.23 bits per heavy atom. The Balaban J connectivity index is 1.39. The molecule has 0 saturated heterocycles. The average molecular weight is 554 g/mol. The van der Waals surface area contributed by atoms with Crippen molar-refractivity contribution in [3.63, 3.8) is 0 Å². The molecule has 0 saturated carbocycles. The summed E-state index contributed by atoms with van der Waals surface area (Å²) in [7, 11) is 2.11. The minimum Gasteiger partial charge on any atom is -0.454 e. The first-order chi connectivity index (χ1) is 21.1. The summed E-state index contributed by atoms with van der Waals surface area (Å²) < 4.78 is 9.11. The van der Waals surface area contributed by atoms with Gasteiger partial charge in [0.15, 0.2) is 6.20 Å². The number of rotatable bonds is 4. The zero-order valence-electron chi connectivity index (χ0n) is 24.1. The molecule has 0 amide bonds. The fourth-order valence-corrected chi connectivity index (χ4v) is 6.24. The minimum absolute atomic E-state index is 0.851. The monoisotopic (exact) mass is 553 g/mol. The van der Waals surface area contributed by atoms with Crippen LogP contribution in [0.1, 0.15) is 5.56 Å². The van der Waals surface area contributed by atoms with Gasteiger partial charge in [0.05, 0.1) is 17.0 Å². The SMILES string of the molecule is Cc1ccc2c(oc3c(-c4cc(-c5ccccc5)cc(-c5ccccc5)n4)cccc32)c1-c1cc2ccccc2c[n+]1C. The van der Waals surface area contributed by atoms with E-state index in [9.17, 15) is 0 Å². The number of aromatic nitrogens is 2. The molecule has 0 aliphatic rings. The Kier molecular flexibility index (Phi) is 5.90. The molecule has 43 heavy (non-hydrogen) atoms. The molecule has 0 bridgehead atoms. The zero-order chi connectivity index (χ0) is 28.9. The molecule has 0 N–H and O–H groups in total. The highest BCUT2D eigenvalue weighted by Gasteiger charge is 2.23. The first kappa shape index (κ1) is 25.2. The van der Waals surface area contributed by atoms with E-state index >= 15 is 0 Å². The maximum absolute atomic E-state index is 6.91. The minimum atomic E-state index is 0.851. The molecule has 3 nitrogen and oxygen atoms in total. The van der Waals surface area contributed by atoms with Crippen LogP contribution in [0.3, 0.4) is 0 Å². The Labute approximate surface area is 250 Å². The summed E-state index contributed by atoms with van der Waals surface area (Å²) in [4.78, 5) is 5.20. The lowest BCUT2D eigenvalue weighted by molar-refractivity contribution is -0.659. The normalized spacial score (nSPS) is 11.5. The molecule has 0 radical (unpaired) electrons. The number of nitrogens with zero attached hydrogens (tertiary/aromatic N) is 2. The third-order valence-corrected chi connectivity index (χ3v) is 8.41. The van der Waals surface area contributed by atoms with Crippen LogP contribution in [0.15, 0.2) is 144 Å². The van der Waals surface area contributed by atoms with Crippen molar-refractivity contribution in [2.24, 2.45) is 7.05 Å². The van der Waals surface area contributed by atoms with Gasteiger partial charge in [0.1, 0.15) is 18.2 Å². The molecule has 204 valence electrons. The number of pyridine rings is 2. The van der Waals surface area contributed by atoms with Crippen molar-refractivity contribution in [3.05, 3.63) is 145 Å². The molecule has 3 aromatic heterocycles. The summed E-state index contributed by atoms with van der Waals surface area (Å²) in [5.74, 6) is 0. The summed E-state index contributed by atoms with van der Waals surface area (Å²) in [6, 6.07) is 46.8. The molecule has 0 aliphatic heterocycles. The lowest BCUT2D eigenvalue weighted by atomic mass is 9.98. The van der Waals surface area contributed by atoms with Gasteiger partial charge in [-0.2, -0.15) is 0 Å². The van der Waals surface area contributed by atoms with E-state index < -0.39 is 0 Å². The largest absolute Gasteiger partial charge is 0.454 e. The summed E-state index contributed by atoms with van der Waals surface area (Å²) >= 11 is 0. The van der Waals surface area contributed by atoms with E-state index in [0.29, 0.717) is 0 Å². The molecule has 0 unspecified atom stereocenters. The van der Waals surface area contributed by atoms with Crippen LogP contribution in [0.2, 0.25) is 0 Å². The Bertz CT molecular complexity index is 2240. The van der Waals surface area contributed by atoms with Gasteiger partial charge in [0.2, 0.25) is 5.69 Å². The number of hydrogen-bond acceptors (Lipinski definition) is 2. The van der Waals surface area contributed by atoms with Crippen molar-refractivity contribution in [2.45, 2.75) is 6.92 Å². The zero-order valence-corrected chi connectivity index (χ0v) is 24.1. The Morgan fingerprint density at radius 3 is 2.02 bits per heavy atom. The second kappa shape index (κ2) is 10.1. The lowest BCUT2D eigenvalue weighted by Crippen LogP contribution is -2.30. The Morgan fingerprint density at radius 1 is 0.558 bits per heavy atom. The van der Waals surface area contributed by atoms with Crippen molar-refractivity contribution in [1.82, 2.24) is 4.98 Å².